The highest BCUT2D eigenvalue weighted by molar-refractivity contribution is 5.93. The molecule has 0 aliphatic carbocycles. The smallest absolute Gasteiger partial charge is 0.253 e. The first kappa shape index (κ1) is 16.0. The summed E-state index contributed by atoms with van der Waals surface area (Å²) in [7, 11) is 0. The van der Waals surface area contributed by atoms with Crippen molar-refractivity contribution in [2.24, 2.45) is 0 Å². The largest absolute Gasteiger partial charge is 0.395 e. The summed E-state index contributed by atoms with van der Waals surface area (Å²) in [5.74, 6) is 1.02. The van der Waals surface area contributed by atoms with Gasteiger partial charge in [-0.1, -0.05) is 18.5 Å². The predicted octanol–water partition coefficient (Wildman–Crippen LogP) is 1.36. The SMILES string of the molecule is CCCc1cc(CNC(=O)c2ccc(NCCO)nc2)on1. The molecule has 22 heavy (non-hydrogen) atoms. The number of aryl methyl sites for hydroxylation is 1. The lowest BCUT2D eigenvalue weighted by molar-refractivity contribution is 0.0946. The number of hydrogen-bond acceptors (Lipinski definition) is 6. The first-order valence-corrected chi connectivity index (χ1v) is 7.26. The highest BCUT2D eigenvalue weighted by Crippen LogP contribution is 2.07. The van der Waals surface area contributed by atoms with Crippen LogP contribution in [0.5, 0.6) is 0 Å². The number of anilines is 1. The molecule has 0 unspecified atom stereocenters. The summed E-state index contributed by atoms with van der Waals surface area (Å²) < 4.78 is 5.15. The van der Waals surface area contributed by atoms with E-state index < -0.39 is 0 Å². The number of carbonyl (C=O) groups is 1. The summed E-state index contributed by atoms with van der Waals surface area (Å²) in [4.78, 5) is 16.1. The van der Waals surface area contributed by atoms with Crippen LogP contribution in [0.1, 0.15) is 35.2 Å². The number of nitrogens with zero attached hydrogens (tertiary/aromatic N) is 2. The van der Waals surface area contributed by atoms with Gasteiger partial charge in [-0.2, -0.15) is 0 Å². The second-order valence-corrected chi connectivity index (χ2v) is 4.80. The van der Waals surface area contributed by atoms with Crippen LogP contribution in [-0.2, 0) is 13.0 Å². The standard InChI is InChI=1S/C15H20N4O3/c1-2-3-12-8-13(22-19-12)10-18-15(21)11-4-5-14(17-9-11)16-6-7-20/h4-5,8-9,20H,2-3,6-7,10H2,1H3,(H,16,17)(H,18,21). The van der Waals surface area contributed by atoms with Gasteiger partial charge in [0.05, 0.1) is 24.4 Å². The zero-order valence-corrected chi connectivity index (χ0v) is 12.5. The van der Waals surface area contributed by atoms with E-state index in [1.54, 1.807) is 12.1 Å². The van der Waals surface area contributed by atoms with Gasteiger partial charge < -0.3 is 20.3 Å². The number of carbonyl (C=O) groups excluding carboxylic acids is 1. The van der Waals surface area contributed by atoms with Gasteiger partial charge in [-0.15, -0.1) is 0 Å². The van der Waals surface area contributed by atoms with Gasteiger partial charge in [0.2, 0.25) is 0 Å². The molecule has 2 aromatic heterocycles. The van der Waals surface area contributed by atoms with Crippen molar-refractivity contribution in [3.05, 3.63) is 41.4 Å². The van der Waals surface area contributed by atoms with E-state index >= 15 is 0 Å². The van der Waals surface area contributed by atoms with Crippen molar-refractivity contribution < 1.29 is 14.4 Å². The fourth-order valence-corrected chi connectivity index (χ4v) is 1.90. The van der Waals surface area contributed by atoms with E-state index in [2.05, 4.69) is 27.7 Å². The Labute approximate surface area is 128 Å². The van der Waals surface area contributed by atoms with E-state index in [9.17, 15) is 4.79 Å². The lowest BCUT2D eigenvalue weighted by Crippen LogP contribution is -2.22. The predicted molar refractivity (Wildman–Crippen MR) is 81.5 cm³/mol. The Kier molecular flexibility index (Phi) is 5.91. The fourth-order valence-electron chi connectivity index (χ4n) is 1.90. The summed E-state index contributed by atoms with van der Waals surface area (Å²) in [6.45, 7) is 2.81. The van der Waals surface area contributed by atoms with Gasteiger partial charge in [-0.3, -0.25) is 4.79 Å². The Morgan fingerprint density at radius 1 is 1.41 bits per heavy atom. The third-order valence-electron chi connectivity index (χ3n) is 2.98. The van der Waals surface area contributed by atoms with Crippen molar-refractivity contribution in [3.8, 4) is 0 Å². The van der Waals surface area contributed by atoms with Gasteiger partial charge in [0.25, 0.3) is 5.91 Å². The van der Waals surface area contributed by atoms with Crippen molar-refractivity contribution in [1.29, 1.82) is 0 Å². The summed E-state index contributed by atoms with van der Waals surface area (Å²) in [6.07, 6.45) is 3.35. The minimum Gasteiger partial charge on any atom is -0.395 e. The molecule has 0 spiro atoms. The van der Waals surface area contributed by atoms with E-state index in [1.807, 2.05) is 6.07 Å². The quantitative estimate of drug-likeness (QED) is 0.681. The number of aliphatic hydroxyl groups excluding tert-OH is 1. The van der Waals surface area contributed by atoms with Crippen LogP contribution >= 0.6 is 0 Å². The average Bonchev–Trinajstić information content (AvgIpc) is 2.99. The molecule has 2 rings (SSSR count). The van der Waals surface area contributed by atoms with Crippen molar-refractivity contribution in [1.82, 2.24) is 15.5 Å². The molecule has 0 aliphatic rings. The summed E-state index contributed by atoms with van der Waals surface area (Å²) >= 11 is 0. The first-order valence-electron chi connectivity index (χ1n) is 7.26. The molecule has 3 N–H and O–H groups in total. The highest BCUT2D eigenvalue weighted by Gasteiger charge is 2.08. The zero-order valence-electron chi connectivity index (χ0n) is 12.5. The molecule has 2 aromatic rings. The fraction of sp³-hybridized carbons (Fsp3) is 0.400. The maximum Gasteiger partial charge on any atom is 0.253 e. The number of hydrogen-bond donors (Lipinski definition) is 3. The lowest BCUT2D eigenvalue weighted by Gasteiger charge is -2.05. The number of rotatable bonds is 8. The molecule has 7 heteroatoms. The number of nitrogens with one attached hydrogen (secondary N) is 2. The number of aromatic nitrogens is 2. The maximum absolute atomic E-state index is 12.0. The van der Waals surface area contributed by atoms with Crippen LogP contribution in [0.25, 0.3) is 0 Å². The van der Waals surface area contributed by atoms with E-state index in [1.165, 1.54) is 6.20 Å². The van der Waals surface area contributed by atoms with Crippen LogP contribution in [0.4, 0.5) is 5.82 Å². The van der Waals surface area contributed by atoms with E-state index in [0.717, 1.165) is 18.5 Å². The monoisotopic (exact) mass is 304 g/mol. The second-order valence-electron chi connectivity index (χ2n) is 4.80. The van der Waals surface area contributed by atoms with Crippen LogP contribution in [0.3, 0.4) is 0 Å². The Morgan fingerprint density at radius 2 is 2.27 bits per heavy atom. The molecular weight excluding hydrogens is 284 g/mol. The second kappa shape index (κ2) is 8.14. The molecule has 1 amide bonds. The molecule has 0 aliphatic heterocycles. The van der Waals surface area contributed by atoms with Crippen molar-refractivity contribution in [2.45, 2.75) is 26.3 Å². The third kappa shape index (κ3) is 4.56. The minimum atomic E-state index is -0.227. The molecule has 0 atom stereocenters. The average molecular weight is 304 g/mol. The van der Waals surface area contributed by atoms with Crippen LogP contribution in [0.15, 0.2) is 28.9 Å². The third-order valence-corrected chi connectivity index (χ3v) is 2.98. The van der Waals surface area contributed by atoms with Gasteiger partial charge >= 0.3 is 0 Å². The summed E-state index contributed by atoms with van der Waals surface area (Å²) in [5, 5.41) is 18.3. The molecule has 0 fully saturated rings. The Hall–Kier alpha value is -2.41. The van der Waals surface area contributed by atoms with Crippen LogP contribution in [0.2, 0.25) is 0 Å². The van der Waals surface area contributed by atoms with Crippen LogP contribution in [-0.4, -0.2) is 34.3 Å². The summed E-state index contributed by atoms with van der Waals surface area (Å²) in [5.41, 5.74) is 1.36. The number of pyridine rings is 1. The van der Waals surface area contributed by atoms with E-state index in [4.69, 9.17) is 9.63 Å². The highest BCUT2D eigenvalue weighted by atomic mass is 16.5. The molecule has 0 saturated heterocycles. The van der Waals surface area contributed by atoms with Gasteiger partial charge in [0, 0.05) is 18.8 Å². The molecule has 7 nitrogen and oxygen atoms in total. The Bertz CT molecular complexity index is 595. The normalized spacial score (nSPS) is 10.5. The maximum atomic E-state index is 12.0. The van der Waals surface area contributed by atoms with Gasteiger partial charge in [-0.05, 0) is 18.6 Å². The van der Waals surface area contributed by atoms with E-state index in [-0.39, 0.29) is 12.5 Å². The van der Waals surface area contributed by atoms with Crippen molar-refractivity contribution >= 4 is 11.7 Å². The Balaban J connectivity index is 1.85. The first-order chi connectivity index (χ1) is 10.7. The number of aliphatic hydroxyl groups is 1. The van der Waals surface area contributed by atoms with Gasteiger partial charge in [0.1, 0.15) is 5.82 Å². The molecule has 2 heterocycles. The van der Waals surface area contributed by atoms with Crippen LogP contribution < -0.4 is 10.6 Å². The lowest BCUT2D eigenvalue weighted by atomic mass is 10.2. The van der Waals surface area contributed by atoms with Gasteiger partial charge in [-0.25, -0.2) is 4.98 Å². The molecule has 0 radical (unpaired) electrons. The van der Waals surface area contributed by atoms with Crippen LogP contribution in [0, 0.1) is 0 Å². The molecule has 118 valence electrons. The van der Waals surface area contributed by atoms with E-state index in [0.29, 0.717) is 30.2 Å². The van der Waals surface area contributed by atoms with Crippen molar-refractivity contribution in [3.63, 3.8) is 0 Å². The van der Waals surface area contributed by atoms with Crippen molar-refractivity contribution in [2.75, 3.05) is 18.5 Å². The topological polar surface area (TPSA) is 100 Å². The molecular formula is C15H20N4O3. The summed E-state index contributed by atoms with van der Waals surface area (Å²) in [6, 6.07) is 5.22. The Morgan fingerprint density at radius 3 is 2.95 bits per heavy atom. The molecule has 0 saturated carbocycles. The minimum absolute atomic E-state index is 0.0289. The zero-order chi connectivity index (χ0) is 15.8. The number of amides is 1. The van der Waals surface area contributed by atoms with Gasteiger partial charge in [0.15, 0.2) is 5.76 Å². The molecule has 0 bridgehead atoms. The molecule has 0 aromatic carbocycles.